The lowest BCUT2D eigenvalue weighted by Crippen LogP contribution is -2.31. The molecule has 1 spiro atoms. The Balaban J connectivity index is 0.00000196. The van der Waals surface area contributed by atoms with Crippen LogP contribution in [0.1, 0.15) is 35.3 Å². The van der Waals surface area contributed by atoms with Crippen LogP contribution in [0.3, 0.4) is 0 Å². The number of hydrogen-bond donors (Lipinski definition) is 2. The zero-order valence-electron chi connectivity index (χ0n) is 14.7. The molecule has 0 bridgehead atoms. The maximum absolute atomic E-state index is 12.5. The van der Waals surface area contributed by atoms with E-state index in [1.54, 1.807) is 11.3 Å². The highest BCUT2D eigenvalue weighted by molar-refractivity contribution is 7.15. The fraction of sp³-hybridized carbons (Fsp3) is 0.474. The van der Waals surface area contributed by atoms with Crippen molar-refractivity contribution in [1.29, 1.82) is 0 Å². The second kappa shape index (κ2) is 7.85. The van der Waals surface area contributed by atoms with Gasteiger partial charge in [-0.3, -0.25) is 4.79 Å². The monoisotopic (exact) mass is 411 g/mol. The lowest BCUT2D eigenvalue weighted by molar-refractivity contribution is -0.118. The van der Waals surface area contributed by atoms with Crippen molar-refractivity contribution < 1.29 is 4.79 Å². The largest absolute Gasteiger partial charge is 0.317 e. The van der Waals surface area contributed by atoms with Gasteiger partial charge in [0, 0.05) is 28.4 Å². The standard InChI is InChI=1S/C19H22ClN3OS.ClH/c1-12-2-3-13(9-16(12)20)8-14-11-22-18(25-14)23-17(24)15-10-19(15)4-6-21-7-5-19;/h2-3,9,11,15,21H,4-8,10H2,1H3,(H,22,23,24);1H. The van der Waals surface area contributed by atoms with E-state index in [0.29, 0.717) is 5.13 Å². The van der Waals surface area contributed by atoms with Crippen molar-refractivity contribution in [2.24, 2.45) is 11.3 Å². The summed E-state index contributed by atoms with van der Waals surface area (Å²) in [5.41, 5.74) is 2.50. The molecule has 2 fully saturated rings. The number of nitrogens with zero attached hydrogens (tertiary/aromatic N) is 1. The first kappa shape index (κ1) is 19.6. The van der Waals surface area contributed by atoms with Crippen LogP contribution >= 0.6 is 35.3 Å². The van der Waals surface area contributed by atoms with Crippen LogP contribution in [-0.2, 0) is 11.2 Å². The first-order chi connectivity index (χ1) is 12.1. The van der Waals surface area contributed by atoms with Crippen molar-refractivity contribution in [2.75, 3.05) is 18.4 Å². The smallest absolute Gasteiger partial charge is 0.229 e. The maximum Gasteiger partial charge on any atom is 0.229 e. The number of carbonyl (C=O) groups excluding carboxylic acids is 1. The molecule has 1 unspecified atom stereocenters. The molecule has 2 aliphatic rings. The number of thiazole rings is 1. The van der Waals surface area contributed by atoms with Gasteiger partial charge in [0.05, 0.1) is 0 Å². The van der Waals surface area contributed by atoms with Gasteiger partial charge in [-0.2, -0.15) is 0 Å². The number of nitrogens with one attached hydrogen (secondary N) is 2. The number of hydrogen-bond acceptors (Lipinski definition) is 4. The fourth-order valence-corrected chi connectivity index (χ4v) is 4.84. The van der Waals surface area contributed by atoms with Crippen LogP contribution in [0.15, 0.2) is 24.4 Å². The number of halogens is 2. The lowest BCUT2D eigenvalue weighted by atomic mass is 9.92. The third-order valence-electron chi connectivity index (χ3n) is 5.50. The molecule has 140 valence electrons. The number of carbonyl (C=O) groups is 1. The summed E-state index contributed by atoms with van der Waals surface area (Å²) in [5, 5.41) is 7.89. The Labute approximate surface area is 169 Å². The van der Waals surface area contributed by atoms with E-state index >= 15 is 0 Å². The average molecular weight is 412 g/mol. The zero-order valence-corrected chi connectivity index (χ0v) is 17.1. The minimum Gasteiger partial charge on any atom is -0.317 e. The van der Waals surface area contributed by atoms with Crippen LogP contribution in [-0.4, -0.2) is 24.0 Å². The summed E-state index contributed by atoms with van der Waals surface area (Å²) >= 11 is 7.74. The van der Waals surface area contributed by atoms with Gasteiger partial charge in [0.1, 0.15) is 0 Å². The number of aromatic nitrogens is 1. The van der Waals surface area contributed by atoms with Gasteiger partial charge in [-0.1, -0.05) is 23.7 Å². The van der Waals surface area contributed by atoms with Crippen molar-refractivity contribution >= 4 is 46.4 Å². The summed E-state index contributed by atoms with van der Waals surface area (Å²) in [6, 6.07) is 6.12. The topological polar surface area (TPSA) is 54.0 Å². The quantitative estimate of drug-likeness (QED) is 0.781. The van der Waals surface area contributed by atoms with E-state index in [4.69, 9.17) is 11.6 Å². The number of amides is 1. The molecule has 2 N–H and O–H groups in total. The molecule has 4 nitrogen and oxygen atoms in total. The van der Waals surface area contributed by atoms with Crippen molar-refractivity contribution in [1.82, 2.24) is 10.3 Å². The molecule has 1 atom stereocenters. The van der Waals surface area contributed by atoms with E-state index < -0.39 is 0 Å². The first-order valence-electron chi connectivity index (χ1n) is 8.77. The molecule has 1 saturated heterocycles. The van der Waals surface area contributed by atoms with Crippen molar-refractivity contribution in [3.05, 3.63) is 45.4 Å². The molecule has 2 aromatic rings. The molecule has 1 aliphatic heterocycles. The third-order valence-corrected chi connectivity index (χ3v) is 6.82. The van der Waals surface area contributed by atoms with Crippen molar-refractivity contribution in [2.45, 2.75) is 32.6 Å². The summed E-state index contributed by atoms with van der Waals surface area (Å²) in [5.74, 6) is 0.305. The van der Waals surface area contributed by atoms with Gasteiger partial charge in [0.15, 0.2) is 5.13 Å². The SMILES string of the molecule is Cc1ccc(Cc2cnc(NC(=O)C3CC34CCNCC4)s2)cc1Cl.Cl. The number of piperidine rings is 1. The fourth-order valence-electron chi connectivity index (χ4n) is 3.78. The van der Waals surface area contributed by atoms with Gasteiger partial charge in [-0.15, -0.1) is 23.7 Å². The first-order valence-corrected chi connectivity index (χ1v) is 9.96. The highest BCUT2D eigenvalue weighted by Crippen LogP contribution is 2.58. The summed E-state index contributed by atoms with van der Waals surface area (Å²) in [4.78, 5) is 18.0. The molecule has 1 aromatic heterocycles. The van der Waals surface area contributed by atoms with E-state index in [0.717, 1.165) is 59.8 Å². The van der Waals surface area contributed by atoms with Crippen LogP contribution < -0.4 is 10.6 Å². The number of benzene rings is 1. The molecule has 26 heavy (non-hydrogen) atoms. The Bertz CT molecular complexity index is 802. The summed E-state index contributed by atoms with van der Waals surface area (Å²) < 4.78 is 0. The summed E-state index contributed by atoms with van der Waals surface area (Å²) in [7, 11) is 0. The second-order valence-corrected chi connectivity index (χ2v) is 8.77. The normalized spacial score (nSPS) is 20.5. The van der Waals surface area contributed by atoms with Crippen LogP contribution in [0.25, 0.3) is 0 Å². The molecular formula is C19H23Cl2N3OS. The molecule has 1 aliphatic carbocycles. The predicted molar refractivity (Wildman–Crippen MR) is 110 cm³/mol. The van der Waals surface area contributed by atoms with Crippen molar-refractivity contribution in [3.63, 3.8) is 0 Å². The molecular weight excluding hydrogens is 389 g/mol. The van der Waals surface area contributed by atoms with Crippen LogP contribution in [0.5, 0.6) is 0 Å². The second-order valence-electron chi connectivity index (χ2n) is 7.25. The molecule has 2 heterocycles. The predicted octanol–water partition coefficient (Wildman–Crippen LogP) is 4.45. The highest BCUT2D eigenvalue weighted by Gasteiger charge is 2.57. The Morgan fingerprint density at radius 1 is 1.42 bits per heavy atom. The number of rotatable bonds is 4. The number of anilines is 1. The van der Waals surface area contributed by atoms with E-state index in [2.05, 4.69) is 21.7 Å². The molecule has 0 radical (unpaired) electrons. The van der Waals surface area contributed by atoms with Gasteiger partial charge < -0.3 is 10.6 Å². The minimum absolute atomic E-state index is 0. The summed E-state index contributed by atoms with van der Waals surface area (Å²) in [6.07, 6.45) is 5.89. The van der Waals surface area contributed by atoms with Crippen molar-refractivity contribution in [3.8, 4) is 0 Å². The maximum atomic E-state index is 12.5. The van der Waals surface area contributed by atoms with Gasteiger partial charge in [-0.25, -0.2) is 4.98 Å². The molecule has 1 aromatic carbocycles. The third kappa shape index (κ3) is 4.06. The Hall–Kier alpha value is -1.14. The van der Waals surface area contributed by atoms with E-state index in [9.17, 15) is 4.79 Å². The van der Waals surface area contributed by atoms with E-state index in [1.807, 2.05) is 25.3 Å². The van der Waals surface area contributed by atoms with E-state index in [-0.39, 0.29) is 29.6 Å². The minimum atomic E-state index is 0. The number of aryl methyl sites for hydroxylation is 1. The van der Waals surface area contributed by atoms with Gasteiger partial charge in [-0.05, 0) is 61.9 Å². The molecule has 1 saturated carbocycles. The molecule has 7 heteroatoms. The Kier molecular flexibility index (Phi) is 5.92. The van der Waals surface area contributed by atoms with E-state index in [1.165, 1.54) is 0 Å². The average Bonchev–Trinajstić information content (AvgIpc) is 3.10. The van der Waals surface area contributed by atoms with Gasteiger partial charge >= 0.3 is 0 Å². The Morgan fingerprint density at radius 2 is 2.19 bits per heavy atom. The molecule has 4 rings (SSSR count). The van der Waals surface area contributed by atoms with Gasteiger partial charge in [0.2, 0.25) is 5.91 Å². The van der Waals surface area contributed by atoms with Crippen LogP contribution in [0.2, 0.25) is 5.02 Å². The zero-order chi connectivity index (χ0) is 17.4. The lowest BCUT2D eigenvalue weighted by Gasteiger charge is -2.22. The van der Waals surface area contributed by atoms with Crippen LogP contribution in [0, 0.1) is 18.3 Å². The summed E-state index contributed by atoms with van der Waals surface area (Å²) in [6.45, 7) is 4.06. The molecule has 1 amide bonds. The Morgan fingerprint density at radius 3 is 2.92 bits per heavy atom. The van der Waals surface area contributed by atoms with Crippen LogP contribution in [0.4, 0.5) is 5.13 Å². The van der Waals surface area contributed by atoms with Gasteiger partial charge in [0.25, 0.3) is 0 Å². The highest BCUT2D eigenvalue weighted by atomic mass is 35.5.